The first-order chi connectivity index (χ1) is 8.38. The summed E-state index contributed by atoms with van der Waals surface area (Å²) in [5, 5.41) is 0.500. The molecule has 1 aromatic heterocycles. The number of benzene rings is 1. The average molecular weight is 373 g/mol. The van der Waals surface area contributed by atoms with Gasteiger partial charge in [0.2, 0.25) is 0 Å². The van der Waals surface area contributed by atoms with E-state index >= 15 is 0 Å². The monoisotopic (exact) mass is 372 g/mol. The van der Waals surface area contributed by atoms with Gasteiger partial charge in [-0.2, -0.15) is 0 Å². The molecule has 1 heterocycles. The van der Waals surface area contributed by atoms with E-state index < -0.39 is 0 Å². The zero-order valence-electron chi connectivity index (χ0n) is 10.5. The molecular weight excluding hydrogens is 359 g/mol. The Hall–Kier alpha value is -0.680. The molecule has 0 radical (unpaired) electrons. The van der Waals surface area contributed by atoms with E-state index in [1.165, 1.54) is 5.56 Å². The van der Waals surface area contributed by atoms with Crippen molar-refractivity contribution >= 4 is 34.2 Å². The summed E-state index contributed by atoms with van der Waals surface area (Å²) in [5.74, 6) is 0.667. The van der Waals surface area contributed by atoms with Crippen molar-refractivity contribution in [2.45, 2.75) is 26.2 Å². The maximum atomic E-state index is 6.01. The molecular formula is C14H14ClIN2. The number of hydrogen-bond donors (Lipinski definition) is 0. The quantitative estimate of drug-likeness (QED) is 0.536. The fourth-order valence-corrected chi connectivity index (χ4v) is 1.99. The lowest BCUT2D eigenvalue weighted by Crippen LogP contribution is -2.10. The van der Waals surface area contributed by atoms with Crippen LogP contribution in [-0.4, -0.2) is 9.97 Å². The van der Waals surface area contributed by atoms with Gasteiger partial charge in [0, 0.05) is 11.8 Å². The number of aromatic nitrogens is 2. The Balaban J connectivity index is 2.37. The molecule has 0 N–H and O–H groups in total. The van der Waals surface area contributed by atoms with Gasteiger partial charge < -0.3 is 0 Å². The van der Waals surface area contributed by atoms with Crippen LogP contribution in [0.15, 0.2) is 30.5 Å². The maximum absolute atomic E-state index is 6.01. The van der Waals surface area contributed by atoms with E-state index in [1.54, 1.807) is 6.20 Å². The number of halogens is 2. The summed E-state index contributed by atoms with van der Waals surface area (Å²) < 4.78 is 0.865. The van der Waals surface area contributed by atoms with Crippen LogP contribution in [0.4, 0.5) is 0 Å². The Morgan fingerprint density at radius 3 is 2.22 bits per heavy atom. The fraction of sp³-hybridized carbons (Fsp3) is 0.286. The molecule has 2 aromatic rings. The lowest BCUT2D eigenvalue weighted by molar-refractivity contribution is 0.590. The van der Waals surface area contributed by atoms with Gasteiger partial charge in [-0.25, -0.2) is 9.97 Å². The summed E-state index contributed by atoms with van der Waals surface area (Å²) >= 11 is 8.13. The molecule has 0 saturated carbocycles. The third-order valence-electron chi connectivity index (χ3n) is 2.71. The molecule has 0 amide bonds. The van der Waals surface area contributed by atoms with Crippen molar-refractivity contribution < 1.29 is 0 Å². The summed E-state index contributed by atoms with van der Waals surface area (Å²) in [6, 6.07) is 8.31. The second kappa shape index (κ2) is 5.13. The highest BCUT2D eigenvalue weighted by molar-refractivity contribution is 14.1. The maximum Gasteiger partial charge on any atom is 0.160 e. The van der Waals surface area contributed by atoms with Crippen molar-refractivity contribution in [1.29, 1.82) is 0 Å². The predicted molar refractivity (Wildman–Crippen MR) is 83.9 cm³/mol. The highest BCUT2D eigenvalue weighted by Gasteiger charge is 2.13. The van der Waals surface area contributed by atoms with Crippen LogP contribution in [0.2, 0.25) is 5.15 Å². The van der Waals surface area contributed by atoms with Crippen LogP contribution >= 0.6 is 34.2 Å². The summed E-state index contributed by atoms with van der Waals surface area (Å²) in [5.41, 5.74) is 2.44. The average Bonchev–Trinajstić information content (AvgIpc) is 2.32. The van der Waals surface area contributed by atoms with Crippen LogP contribution in [0.5, 0.6) is 0 Å². The SMILES string of the molecule is CC(C)(C)c1ccc(-c2ncc(I)c(Cl)n2)cc1. The summed E-state index contributed by atoms with van der Waals surface area (Å²) in [7, 11) is 0. The van der Waals surface area contributed by atoms with Gasteiger partial charge in [-0.3, -0.25) is 0 Å². The summed E-state index contributed by atoms with van der Waals surface area (Å²) in [4.78, 5) is 8.58. The standard InChI is InChI=1S/C14H14ClIN2/c1-14(2,3)10-6-4-9(5-7-10)13-17-8-11(16)12(15)18-13/h4-8H,1-3H3. The van der Waals surface area contributed by atoms with E-state index in [1.807, 2.05) is 12.1 Å². The minimum absolute atomic E-state index is 0.156. The molecule has 0 atom stereocenters. The minimum atomic E-state index is 0.156. The van der Waals surface area contributed by atoms with Gasteiger partial charge in [0.15, 0.2) is 5.82 Å². The molecule has 0 spiro atoms. The van der Waals surface area contributed by atoms with Crippen molar-refractivity contribution in [3.05, 3.63) is 44.7 Å². The first kappa shape index (κ1) is 13.7. The Labute approximate surface area is 126 Å². The molecule has 0 unspecified atom stereocenters. The van der Waals surface area contributed by atoms with Gasteiger partial charge in [0.05, 0.1) is 3.57 Å². The Morgan fingerprint density at radius 2 is 1.72 bits per heavy atom. The normalized spacial score (nSPS) is 11.6. The van der Waals surface area contributed by atoms with Crippen LogP contribution in [0.3, 0.4) is 0 Å². The zero-order valence-corrected chi connectivity index (χ0v) is 13.5. The number of hydrogen-bond acceptors (Lipinski definition) is 2. The molecule has 0 saturated heterocycles. The third-order valence-corrected chi connectivity index (χ3v) is 4.11. The van der Waals surface area contributed by atoms with Crippen LogP contribution in [0.1, 0.15) is 26.3 Å². The Kier molecular flexibility index (Phi) is 3.92. The van der Waals surface area contributed by atoms with Gasteiger partial charge in [-0.1, -0.05) is 56.6 Å². The van der Waals surface area contributed by atoms with E-state index in [0.29, 0.717) is 11.0 Å². The molecule has 4 heteroatoms. The van der Waals surface area contributed by atoms with Gasteiger partial charge in [0.1, 0.15) is 5.15 Å². The molecule has 1 aromatic carbocycles. The van der Waals surface area contributed by atoms with Gasteiger partial charge in [-0.05, 0) is 33.6 Å². The molecule has 2 rings (SSSR count). The van der Waals surface area contributed by atoms with E-state index in [0.717, 1.165) is 9.13 Å². The fourth-order valence-electron chi connectivity index (χ4n) is 1.60. The van der Waals surface area contributed by atoms with Crippen molar-refractivity contribution in [3.63, 3.8) is 0 Å². The van der Waals surface area contributed by atoms with Gasteiger partial charge >= 0.3 is 0 Å². The van der Waals surface area contributed by atoms with Crippen molar-refractivity contribution in [2.75, 3.05) is 0 Å². The smallest absolute Gasteiger partial charge is 0.160 e. The summed E-state index contributed by atoms with van der Waals surface area (Å²) in [6.07, 6.45) is 1.74. The lowest BCUT2D eigenvalue weighted by atomic mass is 9.87. The van der Waals surface area contributed by atoms with Crippen LogP contribution in [0.25, 0.3) is 11.4 Å². The van der Waals surface area contributed by atoms with Gasteiger partial charge in [-0.15, -0.1) is 0 Å². The van der Waals surface area contributed by atoms with Gasteiger partial charge in [0.25, 0.3) is 0 Å². The largest absolute Gasteiger partial charge is 0.235 e. The minimum Gasteiger partial charge on any atom is -0.235 e. The first-order valence-electron chi connectivity index (χ1n) is 5.67. The summed E-state index contributed by atoms with van der Waals surface area (Å²) in [6.45, 7) is 6.58. The second-order valence-electron chi connectivity index (χ2n) is 5.16. The molecule has 0 bridgehead atoms. The third kappa shape index (κ3) is 3.01. The highest BCUT2D eigenvalue weighted by atomic mass is 127. The molecule has 0 aliphatic rings. The van der Waals surface area contributed by atoms with E-state index in [4.69, 9.17) is 11.6 Å². The molecule has 0 aliphatic heterocycles. The number of rotatable bonds is 1. The Morgan fingerprint density at radius 1 is 1.11 bits per heavy atom. The predicted octanol–water partition coefficient (Wildman–Crippen LogP) is 4.70. The van der Waals surface area contributed by atoms with E-state index in [9.17, 15) is 0 Å². The number of nitrogens with zero attached hydrogens (tertiary/aromatic N) is 2. The Bertz CT molecular complexity index is 559. The van der Waals surface area contributed by atoms with E-state index in [-0.39, 0.29) is 5.41 Å². The molecule has 0 fully saturated rings. The van der Waals surface area contributed by atoms with Crippen molar-refractivity contribution in [3.8, 4) is 11.4 Å². The zero-order chi connectivity index (χ0) is 13.3. The lowest BCUT2D eigenvalue weighted by Gasteiger charge is -2.18. The molecule has 0 aliphatic carbocycles. The van der Waals surface area contributed by atoms with Crippen LogP contribution in [0, 0.1) is 3.57 Å². The second-order valence-corrected chi connectivity index (χ2v) is 6.68. The van der Waals surface area contributed by atoms with Crippen LogP contribution < -0.4 is 0 Å². The highest BCUT2D eigenvalue weighted by Crippen LogP contribution is 2.25. The molecule has 18 heavy (non-hydrogen) atoms. The topological polar surface area (TPSA) is 25.8 Å². The first-order valence-corrected chi connectivity index (χ1v) is 7.12. The molecule has 2 nitrogen and oxygen atoms in total. The van der Waals surface area contributed by atoms with E-state index in [2.05, 4.69) is 65.5 Å². The van der Waals surface area contributed by atoms with Crippen molar-refractivity contribution in [2.24, 2.45) is 0 Å². The van der Waals surface area contributed by atoms with Crippen LogP contribution in [-0.2, 0) is 5.41 Å². The molecule has 94 valence electrons. The van der Waals surface area contributed by atoms with Crippen molar-refractivity contribution in [1.82, 2.24) is 9.97 Å².